The summed E-state index contributed by atoms with van der Waals surface area (Å²) in [5.41, 5.74) is 6.83. The minimum atomic E-state index is -0.460. The number of aryl methyl sites for hydroxylation is 2. The van der Waals surface area contributed by atoms with Crippen molar-refractivity contribution in [3.8, 4) is 6.07 Å². The van der Waals surface area contributed by atoms with Gasteiger partial charge in [-0.25, -0.2) is 0 Å². The molecule has 0 fully saturated rings. The van der Waals surface area contributed by atoms with Crippen molar-refractivity contribution in [3.05, 3.63) is 105 Å². The third-order valence-corrected chi connectivity index (χ3v) is 6.04. The zero-order chi connectivity index (χ0) is 23.5. The Hall–Kier alpha value is -3.81. The summed E-state index contributed by atoms with van der Waals surface area (Å²) in [6.45, 7) is 6.69. The van der Waals surface area contributed by atoms with Crippen LogP contribution in [0, 0.1) is 32.1 Å². The molecule has 0 saturated carbocycles. The SMILES string of the molecule is Cc1cccc(Cn2c(C)c(/C=C(\C#N)C(=O)Nc3cc(Cl)ccc3C)c3ccccc32)c1. The molecule has 0 unspecified atom stereocenters. The van der Waals surface area contributed by atoms with Crippen molar-refractivity contribution >= 4 is 40.2 Å². The summed E-state index contributed by atoms with van der Waals surface area (Å²) in [6.07, 6.45) is 1.68. The normalized spacial score (nSPS) is 11.4. The molecule has 0 saturated heterocycles. The van der Waals surface area contributed by atoms with Gasteiger partial charge in [-0.3, -0.25) is 4.79 Å². The molecule has 1 heterocycles. The molecule has 0 aliphatic rings. The molecule has 0 aliphatic heterocycles. The minimum Gasteiger partial charge on any atom is -0.340 e. The summed E-state index contributed by atoms with van der Waals surface area (Å²) in [7, 11) is 0. The Bertz CT molecular complexity index is 1440. The largest absolute Gasteiger partial charge is 0.340 e. The molecule has 4 aromatic rings. The van der Waals surface area contributed by atoms with Gasteiger partial charge >= 0.3 is 0 Å². The van der Waals surface area contributed by atoms with Gasteiger partial charge in [0, 0.05) is 39.4 Å². The molecule has 0 aliphatic carbocycles. The minimum absolute atomic E-state index is 0.0379. The maximum Gasteiger partial charge on any atom is 0.266 e. The number of para-hydroxylation sites is 1. The first-order valence-corrected chi connectivity index (χ1v) is 11.1. The molecule has 3 aromatic carbocycles. The van der Waals surface area contributed by atoms with Crippen molar-refractivity contribution in [2.75, 3.05) is 5.32 Å². The van der Waals surface area contributed by atoms with Gasteiger partial charge in [0.1, 0.15) is 11.6 Å². The highest BCUT2D eigenvalue weighted by Crippen LogP contribution is 2.29. The van der Waals surface area contributed by atoms with Gasteiger partial charge in [-0.15, -0.1) is 0 Å². The number of halogens is 1. The van der Waals surface area contributed by atoms with Gasteiger partial charge in [-0.05, 0) is 56.2 Å². The molecular formula is C28H24ClN3O. The second-order valence-electron chi connectivity index (χ2n) is 8.17. The molecule has 164 valence electrons. The fourth-order valence-electron chi connectivity index (χ4n) is 4.05. The fourth-order valence-corrected chi connectivity index (χ4v) is 4.22. The Balaban J connectivity index is 1.75. The van der Waals surface area contributed by atoms with Crippen LogP contribution in [0.15, 0.2) is 72.3 Å². The molecule has 0 bridgehead atoms. The van der Waals surface area contributed by atoms with E-state index in [1.165, 1.54) is 11.1 Å². The average Bonchev–Trinajstić information content (AvgIpc) is 3.05. The van der Waals surface area contributed by atoms with E-state index in [0.29, 0.717) is 17.3 Å². The zero-order valence-corrected chi connectivity index (χ0v) is 19.6. The number of aromatic nitrogens is 1. The number of rotatable bonds is 5. The van der Waals surface area contributed by atoms with E-state index in [4.69, 9.17) is 11.6 Å². The smallest absolute Gasteiger partial charge is 0.266 e. The lowest BCUT2D eigenvalue weighted by Gasteiger charge is -2.10. The number of fused-ring (bicyclic) bond motifs is 1. The number of hydrogen-bond donors (Lipinski definition) is 1. The Morgan fingerprint density at radius 1 is 1.06 bits per heavy atom. The van der Waals surface area contributed by atoms with Crippen LogP contribution in [0.1, 0.15) is 27.9 Å². The molecule has 0 radical (unpaired) electrons. The summed E-state index contributed by atoms with van der Waals surface area (Å²) >= 11 is 6.07. The molecule has 33 heavy (non-hydrogen) atoms. The van der Waals surface area contributed by atoms with Crippen molar-refractivity contribution in [2.24, 2.45) is 0 Å². The van der Waals surface area contributed by atoms with Crippen molar-refractivity contribution < 1.29 is 4.79 Å². The number of anilines is 1. The standard InChI is InChI=1S/C28H24ClN3O/c1-18-7-6-8-21(13-18)17-32-20(3)25(24-9-4-5-10-27(24)32)14-22(16-30)28(33)31-26-15-23(29)12-11-19(26)2/h4-15H,17H2,1-3H3,(H,31,33)/b22-14+. The number of carbonyl (C=O) groups excluding carboxylic acids is 1. The fraction of sp³-hybridized carbons (Fsp3) is 0.143. The van der Waals surface area contributed by atoms with Crippen molar-refractivity contribution in [1.29, 1.82) is 5.26 Å². The van der Waals surface area contributed by atoms with E-state index in [9.17, 15) is 10.1 Å². The number of carbonyl (C=O) groups is 1. The molecule has 4 rings (SSSR count). The maximum atomic E-state index is 12.9. The van der Waals surface area contributed by atoms with Crippen LogP contribution < -0.4 is 5.32 Å². The van der Waals surface area contributed by atoms with Gasteiger partial charge < -0.3 is 9.88 Å². The Labute approximate surface area is 198 Å². The maximum absolute atomic E-state index is 12.9. The van der Waals surface area contributed by atoms with E-state index < -0.39 is 5.91 Å². The predicted molar refractivity (Wildman–Crippen MR) is 135 cm³/mol. The average molecular weight is 454 g/mol. The molecular weight excluding hydrogens is 430 g/mol. The highest BCUT2D eigenvalue weighted by atomic mass is 35.5. The number of benzene rings is 3. The van der Waals surface area contributed by atoms with Crippen LogP contribution in [-0.2, 0) is 11.3 Å². The molecule has 4 nitrogen and oxygen atoms in total. The highest BCUT2D eigenvalue weighted by molar-refractivity contribution is 6.31. The molecule has 1 N–H and O–H groups in total. The first-order chi connectivity index (χ1) is 15.9. The second kappa shape index (κ2) is 9.36. The van der Waals surface area contributed by atoms with E-state index in [1.54, 1.807) is 18.2 Å². The van der Waals surface area contributed by atoms with Crippen LogP contribution in [0.2, 0.25) is 5.02 Å². The Morgan fingerprint density at radius 2 is 1.85 bits per heavy atom. The Kier molecular flexibility index (Phi) is 6.35. The molecule has 1 aromatic heterocycles. The van der Waals surface area contributed by atoms with E-state index in [0.717, 1.165) is 27.7 Å². The topological polar surface area (TPSA) is 57.8 Å². The first-order valence-electron chi connectivity index (χ1n) is 10.7. The van der Waals surface area contributed by atoms with Crippen LogP contribution in [0.3, 0.4) is 0 Å². The molecule has 1 amide bonds. The van der Waals surface area contributed by atoms with Crippen molar-refractivity contribution in [3.63, 3.8) is 0 Å². The van der Waals surface area contributed by atoms with Crippen LogP contribution in [0.4, 0.5) is 5.69 Å². The highest BCUT2D eigenvalue weighted by Gasteiger charge is 2.17. The lowest BCUT2D eigenvalue weighted by atomic mass is 10.1. The number of hydrogen-bond acceptors (Lipinski definition) is 2. The number of nitrogens with one attached hydrogen (secondary N) is 1. The summed E-state index contributed by atoms with van der Waals surface area (Å²) in [4.78, 5) is 12.9. The molecule has 0 atom stereocenters. The van der Waals surface area contributed by atoms with Crippen LogP contribution in [0.5, 0.6) is 0 Å². The van der Waals surface area contributed by atoms with Gasteiger partial charge in [-0.1, -0.05) is 65.7 Å². The molecule has 0 spiro atoms. The van der Waals surface area contributed by atoms with E-state index >= 15 is 0 Å². The summed E-state index contributed by atoms with van der Waals surface area (Å²) in [6, 6.07) is 23.8. The third kappa shape index (κ3) is 4.69. The van der Waals surface area contributed by atoms with E-state index in [-0.39, 0.29) is 5.57 Å². The van der Waals surface area contributed by atoms with Gasteiger partial charge in [0.05, 0.1) is 0 Å². The summed E-state index contributed by atoms with van der Waals surface area (Å²) in [5, 5.41) is 14.1. The van der Waals surface area contributed by atoms with Gasteiger partial charge in [0.2, 0.25) is 0 Å². The lowest BCUT2D eigenvalue weighted by Crippen LogP contribution is -2.14. The van der Waals surface area contributed by atoms with Gasteiger partial charge in [-0.2, -0.15) is 5.26 Å². The van der Waals surface area contributed by atoms with Crippen LogP contribution in [0.25, 0.3) is 17.0 Å². The zero-order valence-electron chi connectivity index (χ0n) is 18.8. The third-order valence-electron chi connectivity index (χ3n) is 5.80. The van der Waals surface area contributed by atoms with E-state index in [1.807, 2.05) is 38.1 Å². The number of amides is 1. The van der Waals surface area contributed by atoms with Gasteiger partial charge in [0.25, 0.3) is 5.91 Å². The summed E-state index contributed by atoms with van der Waals surface area (Å²) < 4.78 is 2.23. The Morgan fingerprint density at radius 3 is 2.61 bits per heavy atom. The monoisotopic (exact) mass is 453 g/mol. The van der Waals surface area contributed by atoms with Crippen LogP contribution in [-0.4, -0.2) is 10.5 Å². The second-order valence-corrected chi connectivity index (χ2v) is 8.61. The summed E-state index contributed by atoms with van der Waals surface area (Å²) in [5.74, 6) is -0.460. The number of nitrogens with zero attached hydrogens (tertiary/aromatic N) is 2. The van der Waals surface area contributed by atoms with E-state index in [2.05, 4.69) is 53.2 Å². The first kappa shape index (κ1) is 22.4. The van der Waals surface area contributed by atoms with Gasteiger partial charge in [0.15, 0.2) is 0 Å². The van der Waals surface area contributed by atoms with Crippen molar-refractivity contribution in [1.82, 2.24) is 4.57 Å². The van der Waals surface area contributed by atoms with Crippen molar-refractivity contribution in [2.45, 2.75) is 27.3 Å². The molecule has 5 heteroatoms. The quantitative estimate of drug-likeness (QED) is 0.266. The van der Waals surface area contributed by atoms with Crippen LogP contribution >= 0.6 is 11.6 Å². The number of nitriles is 1. The lowest BCUT2D eigenvalue weighted by molar-refractivity contribution is -0.112. The predicted octanol–water partition coefficient (Wildman–Crippen LogP) is 6.81.